The van der Waals surface area contributed by atoms with Crippen molar-refractivity contribution in [3.05, 3.63) is 70.5 Å². The highest BCUT2D eigenvalue weighted by molar-refractivity contribution is 6.22. The van der Waals surface area contributed by atoms with E-state index in [1.54, 1.807) is 19.1 Å². The topological polar surface area (TPSA) is 92.8 Å². The minimum atomic E-state index is -1.10. The molecule has 0 bridgehead atoms. The summed E-state index contributed by atoms with van der Waals surface area (Å²) in [5, 5.41) is 2.72. The molecule has 0 radical (unpaired) electrons. The second kappa shape index (κ2) is 9.75. The van der Waals surface area contributed by atoms with Crippen LogP contribution in [0.2, 0.25) is 0 Å². The Morgan fingerprint density at radius 1 is 0.971 bits per heavy atom. The third kappa shape index (κ3) is 4.71. The molecule has 1 aliphatic heterocycles. The number of benzene rings is 2. The van der Waals surface area contributed by atoms with E-state index in [0.29, 0.717) is 5.56 Å². The van der Waals surface area contributed by atoms with Gasteiger partial charge in [-0.15, -0.1) is 0 Å². The van der Waals surface area contributed by atoms with Crippen LogP contribution in [0.5, 0.6) is 0 Å². The molecule has 34 heavy (non-hydrogen) atoms. The summed E-state index contributed by atoms with van der Waals surface area (Å²) in [5.74, 6) is -2.37. The first-order valence-electron chi connectivity index (χ1n) is 11.5. The molecule has 1 fully saturated rings. The monoisotopic (exact) mass is 466 g/mol. The van der Waals surface area contributed by atoms with Crippen LogP contribution in [0.25, 0.3) is 0 Å². The number of rotatable bonds is 6. The molecule has 2 aromatic rings. The van der Waals surface area contributed by atoms with Gasteiger partial charge in [-0.1, -0.05) is 31.4 Å². The highest BCUT2D eigenvalue weighted by Crippen LogP contribution is 2.31. The number of esters is 1. The molecule has 7 nitrogen and oxygen atoms in total. The van der Waals surface area contributed by atoms with Gasteiger partial charge in [0.1, 0.15) is 5.82 Å². The molecule has 3 amide bonds. The molecule has 2 atom stereocenters. The number of imide groups is 1. The number of amides is 3. The molecule has 2 aromatic carbocycles. The minimum Gasteiger partial charge on any atom is -0.449 e. The number of carbonyl (C=O) groups excluding carboxylic acids is 4. The zero-order chi connectivity index (χ0) is 24.4. The summed E-state index contributed by atoms with van der Waals surface area (Å²) in [6.07, 6.45) is 3.56. The van der Waals surface area contributed by atoms with Crippen molar-refractivity contribution in [2.24, 2.45) is 0 Å². The Morgan fingerprint density at radius 2 is 1.62 bits per heavy atom. The highest BCUT2D eigenvalue weighted by atomic mass is 19.1. The molecule has 1 N–H and O–H groups in total. The van der Waals surface area contributed by atoms with Crippen molar-refractivity contribution in [2.75, 3.05) is 0 Å². The molecule has 0 saturated heterocycles. The van der Waals surface area contributed by atoms with Gasteiger partial charge in [-0.25, -0.2) is 9.18 Å². The smallest absolute Gasteiger partial charge is 0.338 e. The standard InChI is InChI=1S/C26H27FN2O5/c1-15(17-8-11-19(27)12-9-17)28-23(30)16(2)34-26(33)18-10-13-21-22(14-18)25(32)29(24(21)31)20-6-4-3-5-7-20/h8-16,20H,3-7H2,1-2H3,(H,28,30)/t15-,16-/m0/s1. The number of ether oxygens (including phenoxy) is 1. The summed E-state index contributed by atoms with van der Waals surface area (Å²) < 4.78 is 18.4. The molecule has 0 aromatic heterocycles. The van der Waals surface area contributed by atoms with Gasteiger partial charge in [0.05, 0.1) is 22.7 Å². The Kier molecular flexibility index (Phi) is 6.77. The van der Waals surface area contributed by atoms with Crippen LogP contribution in [-0.2, 0) is 9.53 Å². The first-order valence-corrected chi connectivity index (χ1v) is 11.5. The normalized spacial score (nSPS) is 17.8. The number of carbonyl (C=O) groups is 4. The first kappa shape index (κ1) is 23.6. The zero-order valence-electron chi connectivity index (χ0n) is 19.2. The van der Waals surface area contributed by atoms with Crippen molar-refractivity contribution in [2.45, 2.75) is 64.1 Å². The van der Waals surface area contributed by atoms with E-state index in [0.717, 1.165) is 32.1 Å². The third-order valence-electron chi connectivity index (χ3n) is 6.48. The maximum atomic E-state index is 13.1. The fourth-order valence-electron chi connectivity index (χ4n) is 4.50. The summed E-state index contributed by atoms with van der Waals surface area (Å²) in [6.45, 7) is 3.18. The summed E-state index contributed by atoms with van der Waals surface area (Å²) in [4.78, 5) is 52.3. The van der Waals surface area contributed by atoms with Crippen molar-refractivity contribution >= 4 is 23.7 Å². The van der Waals surface area contributed by atoms with E-state index in [4.69, 9.17) is 4.74 Å². The number of hydrogen-bond donors (Lipinski definition) is 1. The van der Waals surface area contributed by atoms with Crippen LogP contribution in [0.15, 0.2) is 42.5 Å². The summed E-state index contributed by atoms with van der Waals surface area (Å²) >= 11 is 0. The summed E-state index contributed by atoms with van der Waals surface area (Å²) in [5.41, 5.74) is 1.27. The molecule has 1 heterocycles. The van der Waals surface area contributed by atoms with Crippen LogP contribution in [0.3, 0.4) is 0 Å². The Bertz CT molecular complexity index is 1120. The fourth-order valence-corrected chi connectivity index (χ4v) is 4.50. The van der Waals surface area contributed by atoms with E-state index in [1.165, 1.54) is 42.2 Å². The molecule has 2 aliphatic rings. The van der Waals surface area contributed by atoms with Gasteiger partial charge >= 0.3 is 5.97 Å². The van der Waals surface area contributed by atoms with Crippen LogP contribution in [0.4, 0.5) is 4.39 Å². The number of fused-ring (bicyclic) bond motifs is 1. The Morgan fingerprint density at radius 3 is 2.29 bits per heavy atom. The van der Waals surface area contributed by atoms with Gasteiger partial charge in [0.15, 0.2) is 6.10 Å². The van der Waals surface area contributed by atoms with Crippen molar-refractivity contribution in [3.63, 3.8) is 0 Å². The predicted molar refractivity (Wildman–Crippen MR) is 122 cm³/mol. The van der Waals surface area contributed by atoms with Gasteiger partial charge in [0.2, 0.25) is 0 Å². The second-order valence-corrected chi connectivity index (χ2v) is 8.86. The van der Waals surface area contributed by atoms with Crippen LogP contribution >= 0.6 is 0 Å². The largest absolute Gasteiger partial charge is 0.449 e. The lowest BCUT2D eigenvalue weighted by Gasteiger charge is -2.29. The van der Waals surface area contributed by atoms with Crippen molar-refractivity contribution in [1.29, 1.82) is 0 Å². The fraction of sp³-hybridized carbons (Fsp3) is 0.385. The van der Waals surface area contributed by atoms with Gasteiger partial charge in [-0.3, -0.25) is 19.3 Å². The molecule has 0 unspecified atom stereocenters. The number of halogens is 1. The second-order valence-electron chi connectivity index (χ2n) is 8.86. The van der Waals surface area contributed by atoms with Gasteiger partial charge in [0.25, 0.3) is 17.7 Å². The van der Waals surface area contributed by atoms with Crippen molar-refractivity contribution in [3.8, 4) is 0 Å². The van der Waals surface area contributed by atoms with Crippen molar-refractivity contribution in [1.82, 2.24) is 10.2 Å². The Hall–Kier alpha value is -3.55. The van der Waals surface area contributed by atoms with Crippen LogP contribution < -0.4 is 5.32 Å². The van der Waals surface area contributed by atoms with E-state index in [-0.39, 0.29) is 40.4 Å². The predicted octanol–water partition coefficient (Wildman–Crippen LogP) is 4.18. The maximum absolute atomic E-state index is 13.1. The zero-order valence-corrected chi connectivity index (χ0v) is 19.2. The lowest BCUT2D eigenvalue weighted by Crippen LogP contribution is -2.40. The van der Waals surface area contributed by atoms with E-state index in [2.05, 4.69) is 5.32 Å². The highest BCUT2D eigenvalue weighted by Gasteiger charge is 2.40. The summed E-state index contributed by atoms with van der Waals surface area (Å²) in [7, 11) is 0. The van der Waals surface area contributed by atoms with Crippen molar-refractivity contribution < 1.29 is 28.3 Å². The lowest BCUT2D eigenvalue weighted by atomic mass is 9.94. The minimum absolute atomic E-state index is 0.0941. The molecule has 1 aliphatic carbocycles. The molecular weight excluding hydrogens is 439 g/mol. The maximum Gasteiger partial charge on any atom is 0.338 e. The molecule has 8 heteroatoms. The molecule has 178 valence electrons. The average Bonchev–Trinajstić information content (AvgIpc) is 3.09. The van der Waals surface area contributed by atoms with Crippen LogP contribution in [0, 0.1) is 5.82 Å². The van der Waals surface area contributed by atoms with E-state index in [9.17, 15) is 23.6 Å². The third-order valence-corrected chi connectivity index (χ3v) is 6.48. The van der Waals surface area contributed by atoms with Gasteiger partial charge in [-0.05, 0) is 62.6 Å². The Balaban J connectivity index is 1.40. The lowest BCUT2D eigenvalue weighted by molar-refractivity contribution is -0.129. The number of nitrogens with one attached hydrogen (secondary N) is 1. The van der Waals surface area contributed by atoms with E-state index >= 15 is 0 Å². The number of hydrogen-bond acceptors (Lipinski definition) is 5. The first-order chi connectivity index (χ1) is 16.3. The molecule has 0 spiro atoms. The molecular formula is C26H27FN2O5. The van der Waals surface area contributed by atoms with Gasteiger partial charge in [-0.2, -0.15) is 0 Å². The number of nitrogens with zero attached hydrogens (tertiary/aromatic N) is 1. The average molecular weight is 467 g/mol. The molecule has 4 rings (SSSR count). The van der Waals surface area contributed by atoms with Crippen LogP contribution in [-0.4, -0.2) is 40.7 Å². The van der Waals surface area contributed by atoms with E-state index < -0.39 is 24.0 Å². The summed E-state index contributed by atoms with van der Waals surface area (Å²) in [6, 6.07) is 9.48. The quantitative estimate of drug-likeness (QED) is 0.509. The van der Waals surface area contributed by atoms with Gasteiger partial charge in [0, 0.05) is 6.04 Å². The van der Waals surface area contributed by atoms with E-state index in [1.807, 2.05) is 0 Å². The van der Waals surface area contributed by atoms with Gasteiger partial charge < -0.3 is 10.1 Å². The van der Waals surface area contributed by atoms with Crippen LogP contribution in [0.1, 0.15) is 88.6 Å². The SMILES string of the molecule is C[C@H](OC(=O)c1ccc2c(c1)C(=O)N(C1CCCCC1)C2=O)C(=O)N[C@@H](C)c1ccc(F)cc1. The Labute approximate surface area is 197 Å². The molecule has 1 saturated carbocycles.